The van der Waals surface area contributed by atoms with Gasteiger partial charge >= 0.3 is 0 Å². The Kier molecular flexibility index (Phi) is 4.23. The van der Waals surface area contributed by atoms with E-state index < -0.39 is 0 Å². The topological polar surface area (TPSA) is 34.4 Å². The van der Waals surface area contributed by atoms with Gasteiger partial charge in [-0.1, -0.05) is 28.1 Å². The third-order valence-electron chi connectivity index (χ3n) is 2.74. The van der Waals surface area contributed by atoms with E-state index in [-0.39, 0.29) is 22.5 Å². The third-order valence-corrected chi connectivity index (χ3v) is 4.09. The second-order valence-corrected chi connectivity index (χ2v) is 5.73. The minimum atomic E-state index is -0.184. The summed E-state index contributed by atoms with van der Waals surface area (Å²) >= 11 is 4.91. The van der Waals surface area contributed by atoms with Gasteiger partial charge in [-0.05, 0) is 24.6 Å². The lowest BCUT2D eigenvalue weighted by atomic mass is 10.2. The highest BCUT2D eigenvalue weighted by Gasteiger charge is 2.09. The van der Waals surface area contributed by atoms with Crippen LogP contribution in [-0.4, -0.2) is 9.38 Å². The zero-order valence-corrected chi connectivity index (χ0v) is 13.9. The van der Waals surface area contributed by atoms with Gasteiger partial charge in [0.2, 0.25) is 0 Å². The van der Waals surface area contributed by atoms with Crippen LogP contribution in [0.4, 0.5) is 0 Å². The van der Waals surface area contributed by atoms with Crippen molar-refractivity contribution in [3.8, 4) is 11.3 Å². The first-order valence-corrected chi connectivity index (χ1v) is 7.06. The molecular weight excluding hydrogens is 392 g/mol. The monoisotopic (exact) mass is 399 g/mol. The van der Waals surface area contributed by atoms with Crippen LogP contribution in [0.25, 0.3) is 16.2 Å². The highest BCUT2D eigenvalue weighted by atomic mass is 79.9. The Labute approximate surface area is 132 Å². The minimum absolute atomic E-state index is 0. The molecule has 0 amide bonds. The summed E-state index contributed by atoms with van der Waals surface area (Å²) in [6.45, 7) is 1.92. The van der Waals surface area contributed by atoms with Crippen molar-refractivity contribution in [3.05, 3.63) is 56.2 Å². The van der Waals surface area contributed by atoms with Gasteiger partial charge in [-0.3, -0.25) is 9.20 Å². The summed E-state index contributed by atoms with van der Waals surface area (Å²) in [7, 11) is 0. The van der Waals surface area contributed by atoms with Gasteiger partial charge in [0.05, 0.1) is 5.69 Å². The molecule has 0 spiro atoms. The highest BCUT2D eigenvalue weighted by Crippen LogP contribution is 2.26. The fourth-order valence-electron chi connectivity index (χ4n) is 1.92. The van der Waals surface area contributed by atoms with E-state index in [2.05, 4.69) is 20.9 Å². The zero-order chi connectivity index (χ0) is 12.7. The van der Waals surface area contributed by atoms with Crippen LogP contribution >= 0.6 is 27.3 Å². The van der Waals surface area contributed by atoms with Gasteiger partial charge in [0, 0.05) is 21.6 Å². The van der Waals surface area contributed by atoms with Gasteiger partial charge in [0.1, 0.15) is 0 Å². The van der Waals surface area contributed by atoms with Crippen LogP contribution in [0.5, 0.6) is 0 Å². The van der Waals surface area contributed by atoms with Crippen LogP contribution in [0.15, 0.2) is 45.0 Å². The summed E-state index contributed by atoms with van der Waals surface area (Å²) in [6.07, 6.45) is 0. The summed E-state index contributed by atoms with van der Waals surface area (Å²) in [5.41, 5.74) is 2.89. The number of hydrogen-bond acceptors (Lipinski definition) is 3. The standard InChI is InChI=1S/C13H9BrN2OS.BrH/c1-8-6-12(17)15-13-16(8)11(7-18-13)9-2-4-10(14)5-3-9;/h2-7H,1H3;1H/p-1. The Balaban J connectivity index is 0.00000133. The molecule has 19 heavy (non-hydrogen) atoms. The Hall–Kier alpha value is -0.980. The van der Waals surface area contributed by atoms with Crippen molar-refractivity contribution in [2.24, 2.45) is 0 Å². The van der Waals surface area contributed by atoms with E-state index in [1.807, 2.05) is 41.0 Å². The molecule has 2 aromatic heterocycles. The molecule has 0 aliphatic rings. The fraction of sp³-hybridized carbons (Fsp3) is 0.0769. The summed E-state index contributed by atoms with van der Waals surface area (Å²) in [5, 5.41) is 2.03. The number of aromatic nitrogens is 2. The van der Waals surface area contributed by atoms with E-state index in [1.54, 1.807) is 6.07 Å². The molecule has 6 heteroatoms. The normalized spacial score (nSPS) is 10.4. The van der Waals surface area contributed by atoms with E-state index in [0.29, 0.717) is 0 Å². The van der Waals surface area contributed by atoms with Crippen LogP contribution in [-0.2, 0) is 0 Å². The van der Waals surface area contributed by atoms with Gasteiger partial charge in [-0.25, -0.2) is 0 Å². The highest BCUT2D eigenvalue weighted by molar-refractivity contribution is 9.10. The molecule has 0 N–H and O–H groups in total. The number of thiazole rings is 1. The van der Waals surface area contributed by atoms with Crippen LogP contribution in [0.2, 0.25) is 0 Å². The summed E-state index contributed by atoms with van der Waals surface area (Å²) < 4.78 is 3.06. The molecule has 0 saturated carbocycles. The van der Waals surface area contributed by atoms with Crippen molar-refractivity contribution in [2.45, 2.75) is 6.92 Å². The van der Waals surface area contributed by atoms with E-state index in [9.17, 15) is 4.79 Å². The molecule has 98 valence electrons. The lowest BCUT2D eigenvalue weighted by molar-refractivity contribution is -0.00000361. The number of rotatable bonds is 1. The molecule has 0 aliphatic carbocycles. The largest absolute Gasteiger partial charge is 1.00 e. The maximum atomic E-state index is 11.4. The maximum absolute atomic E-state index is 11.4. The summed E-state index contributed by atoms with van der Waals surface area (Å²) in [4.78, 5) is 16.1. The smallest absolute Gasteiger partial charge is 0.274 e. The molecule has 3 nitrogen and oxygen atoms in total. The Morgan fingerprint density at radius 1 is 1.26 bits per heavy atom. The molecule has 0 radical (unpaired) electrons. The molecule has 3 aromatic rings. The number of hydrogen-bond donors (Lipinski definition) is 0. The fourth-order valence-corrected chi connectivity index (χ4v) is 3.14. The van der Waals surface area contributed by atoms with Crippen molar-refractivity contribution >= 4 is 32.2 Å². The van der Waals surface area contributed by atoms with Crippen molar-refractivity contribution in [1.29, 1.82) is 0 Å². The molecule has 1 aromatic carbocycles. The molecule has 0 atom stereocenters. The predicted octanol–water partition coefficient (Wildman–Crippen LogP) is 0.498. The average molecular weight is 401 g/mol. The first-order chi connectivity index (χ1) is 8.65. The molecule has 3 rings (SSSR count). The lowest BCUT2D eigenvalue weighted by Gasteiger charge is -2.04. The van der Waals surface area contributed by atoms with Crippen LogP contribution in [0.3, 0.4) is 0 Å². The van der Waals surface area contributed by atoms with Gasteiger partial charge in [-0.15, -0.1) is 11.3 Å². The quantitative estimate of drug-likeness (QED) is 0.596. The molecule has 0 unspecified atom stereocenters. The summed E-state index contributed by atoms with van der Waals surface area (Å²) in [5.74, 6) is 0. The van der Waals surface area contributed by atoms with E-state index in [1.165, 1.54) is 11.3 Å². The third kappa shape index (κ3) is 2.66. The van der Waals surface area contributed by atoms with Crippen LogP contribution in [0, 0.1) is 6.92 Å². The lowest BCUT2D eigenvalue weighted by Crippen LogP contribution is -3.00. The SMILES string of the molecule is Cc1cc(=O)nc2scc(-c3ccc(Br)cc3)n12.[Br-]. The first-order valence-electron chi connectivity index (χ1n) is 5.39. The molecule has 2 heterocycles. The number of fused-ring (bicyclic) bond motifs is 1. The Morgan fingerprint density at radius 2 is 1.95 bits per heavy atom. The molecular formula is C13H9Br2N2OS-. The Morgan fingerprint density at radius 3 is 2.63 bits per heavy atom. The van der Waals surface area contributed by atoms with Crippen molar-refractivity contribution in [3.63, 3.8) is 0 Å². The molecule has 0 fully saturated rings. The maximum Gasteiger partial charge on any atom is 0.274 e. The van der Waals surface area contributed by atoms with Gasteiger partial charge in [0.25, 0.3) is 5.56 Å². The van der Waals surface area contributed by atoms with E-state index >= 15 is 0 Å². The molecule has 0 bridgehead atoms. The summed E-state index contributed by atoms with van der Waals surface area (Å²) in [6, 6.07) is 9.66. The minimum Gasteiger partial charge on any atom is -1.00 e. The number of halogens is 2. The van der Waals surface area contributed by atoms with Crippen molar-refractivity contribution in [1.82, 2.24) is 9.38 Å². The van der Waals surface area contributed by atoms with Crippen LogP contribution < -0.4 is 22.5 Å². The second kappa shape index (κ2) is 5.56. The Bertz CT molecular complexity index is 777. The molecule has 0 aliphatic heterocycles. The molecule has 0 saturated heterocycles. The predicted molar refractivity (Wildman–Crippen MR) is 77.2 cm³/mol. The second-order valence-electron chi connectivity index (χ2n) is 3.98. The number of nitrogens with zero attached hydrogens (tertiary/aromatic N) is 2. The number of aryl methyl sites for hydroxylation is 1. The van der Waals surface area contributed by atoms with Crippen molar-refractivity contribution < 1.29 is 17.0 Å². The zero-order valence-electron chi connectivity index (χ0n) is 9.93. The average Bonchev–Trinajstić information content (AvgIpc) is 2.74. The van der Waals surface area contributed by atoms with Gasteiger partial charge < -0.3 is 17.0 Å². The number of benzene rings is 1. The van der Waals surface area contributed by atoms with Gasteiger partial charge in [-0.2, -0.15) is 4.98 Å². The van der Waals surface area contributed by atoms with Crippen LogP contribution in [0.1, 0.15) is 5.69 Å². The van der Waals surface area contributed by atoms with E-state index in [4.69, 9.17) is 0 Å². The van der Waals surface area contributed by atoms with E-state index in [0.717, 1.165) is 26.4 Å². The van der Waals surface area contributed by atoms with Crippen molar-refractivity contribution in [2.75, 3.05) is 0 Å². The first kappa shape index (κ1) is 14.4. The van der Waals surface area contributed by atoms with Gasteiger partial charge in [0.15, 0.2) is 4.96 Å².